The first kappa shape index (κ1) is 20.8. The fraction of sp³-hybridized carbons (Fsp3) is 0.560. The van der Waals surface area contributed by atoms with Gasteiger partial charge >= 0.3 is 5.97 Å². The van der Waals surface area contributed by atoms with Crippen LogP contribution in [0.1, 0.15) is 75.0 Å². The number of aryl methyl sites for hydroxylation is 1. The minimum Gasteiger partial charge on any atom is -0.449 e. The van der Waals surface area contributed by atoms with Crippen LogP contribution in [0.4, 0.5) is 0 Å². The Bertz CT molecular complexity index is 978. The van der Waals surface area contributed by atoms with Crippen molar-refractivity contribution in [2.45, 2.75) is 78.4 Å². The molecule has 1 aromatic carbocycles. The second kappa shape index (κ2) is 8.01. The van der Waals surface area contributed by atoms with Crippen molar-refractivity contribution in [3.8, 4) is 0 Å². The molecule has 1 saturated carbocycles. The van der Waals surface area contributed by atoms with Crippen LogP contribution in [-0.4, -0.2) is 29.0 Å². The SMILES string of the molecule is CCC(C)(C)[C@H]1CCc2nc3ccccc3c(C(=O)O[C@H](C)C(=O)NC3CC3)c2C1. The number of rotatable bonds is 6. The lowest BCUT2D eigenvalue weighted by molar-refractivity contribution is -0.129. The Morgan fingerprint density at radius 2 is 1.97 bits per heavy atom. The second-order valence-corrected chi connectivity index (χ2v) is 9.54. The van der Waals surface area contributed by atoms with Crippen molar-refractivity contribution >= 4 is 22.8 Å². The first-order valence-electron chi connectivity index (χ1n) is 11.2. The summed E-state index contributed by atoms with van der Waals surface area (Å²) in [5.74, 6) is -0.151. The summed E-state index contributed by atoms with van der Waals surface area (Å²) in [5.41, 5.74) is 3.61. The van der Waals surface area contributed by atoms with E-state index in [1.54, 1.807) is 6.92 Å². The Morgan fingerprint density at radius 1 is 1.23 bits per heavy atom. The topological polar surface area (TPSA) is 68.3 Å². The summed E-state index contributed by atoms with van der Waals surface area (Å²) < 4.78 is 5.67. The van der Waals surface area contributed by atoms with Crippen LogP contribution in [0.3, 0.4) is 0 Å². The zero-order valence-corrected chi connectivity index (χ0v) is 18.5. The molecule has 2 aromatic rings. The summed E-state index contributed by atoms with van der Waals surface area (Å²) in [6.07, 6.45) is 5.05. The van der Waals surface area contributed by atoms with Gasteiger partial charge in [0.15, 0.2) is 6.10 Å². The number of nitrogens with one attached hydrogen (secondary N) is 1. The summed E-state index contributed by atoms with van der Waals surface area (Å²) in [4.78, 5) is 30.6. The number of pyridine rings is 1. The highest BCUT2D eigenvalue weighted by atomic mass is 16.5. The third-order valence-electron chi connectivity index (χ3n) is 7.06. The molecular formula is C25H32N2O3. The number of esters is 1. The summed E-state index contributed by atoms with van der Waals surface area (Å²) in [6, 6.07) is 7.98. The van der Waals surface area contributed by atoms with E-state index in [0.29, 0.717) is 11.5 Å². The highest BCUT2D eigenvalue weighted by Gasteiger charge is 2.35. The molecule has 0 radical (unpaired) electrons. The molecule has 0 unspecified atom stereocenters. The number of benzene rings is 1. The summed E-state index contributed by atoms with van der Waals surface area (Å²) >= 11 is 0. The van der Waals surface area contributed by atoms with Gasteiger partial charge in [-0.3, -0.25) is 9.78 Å². The number of hydrogen-bond acceptors (Lipinski definition) is 4. The third-order valence-corrected chi connectivity index (χ3v) is 7.06. The van der Waals surface area contributed by atoms with E-state index in [2.05, 4.69) is 26.1 Å². The number of ether oxygens (including phenoxy) is 1. The van der Waals surface area contributed by atoms with E-state index in [1.807, 2.05) is 24.3 Å². The monoisotopic (exact) mass is 408 g/mol. The number of carbonyl (C=O) groups excluding carboxylic acids is 2. The smallest absolute Gasteiger partial charge is 0.339 e. The maximum atomic E-state index is 13.3. The minimum absolute atomic E-state index is 0.196. The van der Waals surface area contributed by atoms with Crippen LogP contribution in [0.5, 0.6) is 0 Å². The Balaban J connectivity index is 1.69. The van der Waals surface area contributed by atoms with Gasteiger partial charge in [-0.2, -0.15) is 0 Å². The van der Waals surface area contributed by atoms with E-state index < -0.39 is 12.1 Å². The van der Waals surface area contributed by atoms with Gasteiger partial charge in [-0.25, -0.2) is 4.79 Å². The zero-order chi connectivity index (χ0) is 21.5. The predicted molar refractivity (Wildman–Crippen MR) is 117 cm³/mol. The summed E-state index contributed by atoms with van der Waals surface area (Å²) in [6.45, 7) is 8.48. The number of hydrogen-bond donors (Lipinski definition) is 1. The normalized spacial score (nSPS) is 19.8. The number of aromatic nitrogens is 1. The summed E-state index contributed by atoms with van der Waals surface area (Å²) in [7, 11) is 0. The van der Waals surface area contributed by atoms with Gasteiger partial charge in [0, 0.05) is 17.1 Å². The van der Waals surface area contributed by atoms with Crippen LogP contribution in [0.2, 0.25) is 0 Å². The molecule has 0 spiro atoms. The molecule has 1 fully saturated rings. The van der Waals surface area contributed by atoms with Gasteiger partial charge in [-0.15, -0.1) is 0 Å². The van der Waals surface area contributed by atoms with Gasteiger partial charge in [-0.05, 0) is 62.0 Å². The van der Waals surface area contributed by atoms with Gasteiger partial charge < -0.3 is 10.1 Å². The first-order chi connectivity index (χ1) is 14.3. The molecule has 0 bridgehead atoms. The highest BCUT2D eigenvalue weighted by molar-refractivity contribution is 6.05. The molecular weight excluding hydrogens is 376 g/mol. The fourth-order valence-electron chi connectivity index (χ4n) is 4.40. The Hall–Kier alpha value is -2.43. The van der Waals surface area contributed by atoms with E-state index in [0.717, 1.165) is 60.7 Å². The van der Waals surface area contributed by atoms with Crippen molar-refractivity contribution in [2.75, 3.05) is 0 Å². The van der Waals surface area contributed by atoms with Gasteiger partial charge in [-0.1, -0.05) is 45.4 Å². The van der Waals surface area contributed by atoms with Crippen molar-refractivity contribution in [3.05, 3.63) is 41.1 Å². The average Bonchev–Trinajstić information content (AvgIpc) is 3.55. The molecule has 2 aliphatic rings. The molecule has 160 valence electrons. The molecule has 0 saturated heterocycles. The molecule has 2 aliphatic carbocycles. The number of para-hydroxylation sites is 1. The number of amides is 1. The van der Waals surface area contributed by atoms with Crippen LogP contribution < -0.4 is 5.32 Å². The highest BCUT2D eigenvalue weighted by Crippen LogP contribution is 2.41. The maximum absolute atomic E-state index is 13.3. The van der Waals surface area contributed by atoms with Crippen LogP contribution in [0.15, 0.2) is 24.3 Å². The van der Waals surface area contributed by atoms with Gasteiger partial charge in [0.05, 0.1) is 11.1 Å². The van der Waals surface area contributed by atoms with Crippen molar-refractivity contribution in [3.63, 3.8) is 0 Å². The number of nitrogens with zero attached hydrogens (tertiary/aromatic N) is 1. The van der Waals surface area contributed by atoms with Gasteiger partial charge in [0.25, 0.3) is 5.91 Å². The van der Waals surface area contributed by atoms with Crippen LogP contribution >= 0.6 is 0 Å². The minimum atomic E-state index is -0.813. The lowest BCUT2D eigenvalue weighted by Gasteiger charge is -2.37. The lowest BCUT2D eigenvalue weighted by Crippen LogP contribution is -2.37. The van der Waals surface area contributed by atoms with Crippen molar-refractivity contribution in [2.24, 2.45) is 11.3 Å². The molecule has 1 amide bonds. The molecule has 1 aromatic heterocycles. The van der Waals surface area contributed by atoms with E-state index in [9.17, 15) is 9.59 Å². The molecule has 1 heterocycles. The predicted octanol–water partition coefficient (Wildman–Crippen LogP) is 4.60. The molecule has 0 aliphatic heterocycles. The first-order valence-corrected chi connectivity index (χ1v) is 11.2. The zero-order valence-electron chi connectivity index (χ0n) is 18.5. The van der Waals surface area contributed by atoms with Gasteiger partial charge in [0.2, 0.25) is 0 Å². The third kappa shape index (κ3) is 4.07. The molecule has 30 heavy (non-hydrogen) atoms. The van der Waals surface area contributed by atoms with Gasteiger partial charge in [0.1, 0.15) is 0 Å². The number of carbonyl (C=O) groups is 2. The van der Waals surface area contributed by atoms with Crippen LogP contribution in [0, 0.1) is 11.3 Å². The van der Waals surface area contributed by atoms with E-state index in [-0.39, 0.29) is 17.4 Å². The Kier molecular flexibility index (Phi) is 5.56. The molecule has 5 nitrogen and oxygen atoms in total. The Morgan fingerprint density at radius 3 is 2.67 bits per heavy atom. The molecule has 5 heteroatoms. The molecule has 1 N–H and O–H groups in total. The largest absolute Gasteiger partial charge is 0.449 e. The number of fused-ring (bicyclic) bond motifs is 2. The van der Waals surface area contributed by atoms with E-state index in [1.165, 1.54) is 0 Å². The summed E-state index contributed by atoms with van der Waals surface area (Å²) in [5, 5.41) is 3.73. The van der Waals surface area contributed by atoms with E-state index in [4.69, 9.17) is 9.72 Å². The lowest BCUT2D eigenvalue weighted by atomic mass is 9.68. The van der Waals surface area contributed by atoms with Crippen molar-refractivity contribution < 1.29 is 14.3 Å². The average molecular weight is 409 g/mol. The second-order valence-electron chi connectivity index (χ2n) is 9.54. The van der Waals surface area contributed by atoms with Crippen LogP contribution in [0.25, 0.3) is 10.9 Å². The Labute approximate surface area is 178 Å². The maximum Gasteiger partial charge on any atom is 0.339 e. The molecule has 4 rings (SSSR count). The van der Waals surface area contributed by atoms with Crippen molar-refractivity contribution in [1.29, 1.82) is 0 Å². The van der Waals surface area contributed by atoms with E-state index >= 15 is 0 Å². The quantitative estimate of drug-likeness (QED) is 0.709. The fourth-order valence-corrected chi connectivity index (χ4v) is 4.40. The molecule has 2 atom stereocenters. The van der Waals surface area contributed by atoms with Crippen LogP contribution in [-0.2, 0) is 22.4 Å². The standard InChI is InChI=1S/C25H32N2O3/c1-5-25(3,4)16-10-13-21-19(14-16)22(18-8-6-7-9-20(18)27-21)24(29)30-15(2)23(28)26-17-11-12-17/h6-9,15-17H,5,10-14H2,1-4H3,(H,26,28)/t15-,16+/m1/s1. The van der Waals surface area contributed by atoms with Crippen molar-refractivity contribution in [1.82, 2.24) is 10.3 Å².